The summed E-state index contributed by atoms with van der Waals surface area (Å²) in [6, 6.07) is 11.1. The van der Waals surface area contributed by atoms with E-state index in [1.165, 1.54) is 11.6 Å². The van der Waals surface area contributed by atoms with Gasteiger partial charge in [0.25, 0.3) is 5.78 Å². The number of phenolic OH excluding ortho intramolecular Hbond substituents is 1. The first-order chi connectivity index (χ1) is 13.8. The molecular formula is C23H23NO5. The topological polar surface area (TPSA) is 88.8 Å². The number of aryl methyl sites for hydroxylation is 1. The molecule has 2 N–H and O–H groups in total. The van der Waals surface area contributed by atoms with Crippen LogP contribution in [-0.4, -0.2) is 33.1 Å². The molecule has 0 aliphatic rings. The molecule has 0 bridgehead atoms. The van der Waals surface area contributed by atoms with Gasteiger partial charge in [0.1, 0.15) is 11.5 Å². The molecule has 0 unspecified atom stereocenters. The van der Waals surface area contributed by atoms with E-state index in [4.69, 9.17) is 0 Å². The van der Waals surface area contributed by atoms with Gasteiger partial charge in [0, 0.05) is 24.4 Å². The highest BCUT2D eigenvalue weighted by Crippen LogP contribution is 2.34. The summed E-state index contributed by atoms with van der Waals surface area (Å²) >= 11 is 0. The Morgan fingerprint density at radius 1 is 1.14 bits per heavy atom. The third-order valence-corrected chi connectivity index (χ3v) is 4.96. The predicted molar refractivity (Wildman–Crippen MR) is 111 cm³/mol. The minimum absolute atomic E-state index is 0.0271. The van der Waals surface area contributed by atoms with Crippen LogP contribution in [0.15, 0.2) is 48.7 Å². The van der Waals surface area contributed by atoms with Gasteiger partial charge in [0.2, 0.25) is 0 Å². The molecule has 0 saturated carbocycles. The number of nitrogens with zero attached hydrogens (tertiary/aromatic N) is 1. The van der Waals surface area contributed by atoms with Crippen molar-refractivity contribution >= 4 is 28.4 Å². The molecule has 1 heterocycles. The first-order valence-electron chi connectivity index (χ1n) is 9.31. The van der Waals surface area contributed by atoms with E-state index in [1.807, 2.05) is 42.7 Å². The van der Waals surface area contributed by atoms with E-state index in [0.717, 1.165) is 17.2 Å². The Morgan fingerprint density at radius 2 is 1.86 bits per heavy atom. The van der Waals surface area contributed by atoms with E-state index in [1.54, 1.807) is 19.2 Å². The molecular weight excluding hydrogens is 370 g/mol. The molecule has 0 atom stereocenters. The second-order valence-corrected chi connectivity index (χ2v) is 6.82. The molecule has 29 heavy (non-hydrogen) atoms. The molecule has 0 fully saturated rings. The van der Waals surface area contributed by atoms with Crippen molar-refractivity contribution in [1.29, 1.82) is 0 Å². The Bertz CT molecular complexity index is 1120. The maximum atomic E-state index is 11.9. The smallest absolute Gasteiger partial charge is 0.379 e. The zero-order chi connectivity index (χ0) is 21.1. The van der Waals surface area contributed by atoms with Gasteiger partial charge in [-0.2, -0.15) is 0 Å². The predicted octanol–water partition coefficient (Wildman–Crippen LogP) is 4.04. The lowest BCUT2D eigenvalue weighted by molar-refractivity contribution is -0.151. The van der Waals surface area contributed by atoms with Crippen molar-refractivity contribution in [1.82, 2.24) is 4.57 Å². The van der Waals surface area contributed by atoms with Gasteiger partial charge in [0.15, 0.2) is 0 Å². The highest BCUT2D eigenvalue weighted by Gasteiger charge is 2.19. The Morgan fingerprint density at radius 3 is 2.59 bits per heavy atom. The van der Waals surface area contributed by atoms with Crippen LogP contribution >= 0.6 is 0 Å². The van der Waals surface area contributed by atoms with E-state index in [9.17, 15) is 19.8 Å². The van der Waals surface area contributed by atoms with Gasteiger partial charge < -0.3 is 19.5 Å². The number of aliphatic hydroxyl groups is 1. The summed E-state index contributed by atoms with van der Waals surface area (Å²) in [6.45, 7) is 6.26. The molecule has 6 nitrogen and oxygen atoms in total. The molecule has 150 valence electrons. The molecule has 6 heteroatoms. The minimum atomic E-state index is -1.04. The van der Waals surface area contributed by atoms with Crippen LogP contribution < -0.4 is 0 Å². The summed E-state index contributed by atoms with van der Waals surface area (Å²) < 4.78 is 6.56. The number of fused-ring (bicyclic) bond motifs is 1. The number of hydrogen-bond acceptors (Lipinski definition) is 5. The summed E-state index contributed by atoms with van der Waals surface area (Å²) in [5, 5.41) is 21.3. The van der Waals surface area contributed by atoms with Gasteiger partial charge in [-0.15, -0.1) is 0 Å². The van der Waals surface area contributed by atoms with Gasteiger partial charge in [-0.25, -0.2) is 4.79 Å². The van der Waals surface area contributed by atoms with Crippen LogP contribution in [0.2, 0.25) is 0 Å². The van der Waals surface area contributed by atoms with Crippen molar-refractivity contribution in [3.05, 3.63) is 70.9 Å². The number of hydrogen-bond donors (Lipinski definition) is 2. The van der Waals surface area contributed by atoms with Crippen LogP contribution in [0.4, 0.5) is 0 Å². The first kappa shape index (κ1) is 20.2. The number of rotatable bonds is 6. The lowest BCUT2D eigenvalue weighted by atomic mass is 10.0. The maximum Gasteiger partial charge on any atom is 0.379 e. The fraction of sp³-hybridized carbons (Fsp3) is 0.217. The fourth-order valence-corrected chi connectivity index (χ4v) is 3.29. The third-order valence-electron chi connectivity index (χ3n) is 4.96. The Hall–Kier alpha value is -3.54. The van der Waals surface area contributed by atoms with E-state index in [2.05, 4.69) is 4.74 Å². The van der Waals surface area contributed by atoms with Crippen LogP contribution in [0.3, 0.4) is 0 Å². The van der Waals surface area contributed by atoms with E-state index >= 15 is 0 Å². The summed E-state index contributed by atoms with van der Waals surface area (Å²) in [5.41, 5.74) is 4.39. The maximum absolute atomic E-state index is 11.9. The SMILES string of the molecule is CCOC(=O)C(=O)C=C(O)c1cn(Cc2cccc(C)c2C)c2cccc(O)c12. The molecule has 0 aliphatic heterocycles. The Kier molecular flexibility index (Phi) is 5.73. The van der Waals surface area contributed by atoms with Gasteiger partial charge in [-0.05, 0) is 49.6 Å². The summed E-state index contributed by atoms with van der Waals surface area (Å²) in [7, 11) is 0. The standard InChI is InChI=1S/C23H23NO5/c1-4-29-23(28)21(27)11-20(26)17-13-24(18-9-6-10-19(25)22(17)18)12-16-8-5-7-14(2)15(16)3/h5-11,13,25-26H,4,12H2,1-3H3. The molecule has 0 radical (unpaired) electrons. The number of aromatic nitrogens is 1. The second kappa shape index (κ2) is 8.22. The quantitative estimate of drug-likeness (QED) is 0.286. The van der Waals surface area contributed by atoms with E-state index < -0.39 is 17.5 Å². The van der Waals surface area contributed by atoms with Crippen molar-refractivity contribution in [2.24, 2.45) is 0 Å². The number of aromatic hydroxyl groups is 1. The monoisotopic (exact) mass is 393 g/mol. The number of phenols is 1. The number of esters is 1. The molecule has 3 aromatic rings. The Balaban J connectivity index is 2.08. The van der Waals surface area contributed by atoms with Crippen LogP contribution in [0.25, 0.3) is 16.7 Å². The molecule has 0 aliphatic carbocycles. The zero-order valence-electron chi connectivity index (χ0n) is 16.6. The number of ketones is 1. The number of aliphatic hydroxyl groups excluding tert-OH is 1. The average Bonchev–Trinajstić information content (AvgIpc) is 3.05. The van der Waals surface area contributed by atoms with Gasteiger partial charge in [-0.3, -0.25) is 4.79 Å². The van der Waals surface area contributed by atoms with Crippen LogP contribution in [0.5, 0.6) is 5.75 Å². The van der Waals surface area contributed by atoms with Crippen LogP contribution in [0, 0.1) is 13.8 Å². The summed E-state index contributed by atoms with van der Waals surface area (Å²) in [4.78, 5) is 23.5. The summed E-state index contributed by atoms with van der Waals surface area (Å²) in [5.74, 6) is -2.44. The molecule has 0 saturated heterocycles. The first-order valence-corrected chi connectivity index (χ1v) is 9.31. The number of carbonyl (C=O) groups is 2. The van der Waals surface area contributed by atoms with Crippen molar-refractivity contribution < 1.29 is 24.5 Å². The number of benzene rings is 2. The third kappa shape index (κ3) is 4.01. The molecule has 0 amide bonds. The lowest BCUT2D eigenvalue weighted by Crippen LogP contribution is -2.15. The molecule has 1 aromatic heterocycles. The lowest BCUT2D eigenvalue weighted by Gasteiger charge is -2.10. The average molecular weight is 393 g/mol. The highest BCUT2D eigenvalue weighted by atomic mass is 16.5. The van der Waals surface area contributed by atoms with Gasteiger partial charge in [0.05, 0.1) is 17.5 Å². The zero-order valence-corrected chi connectivity index (χ0v) is 16.6. The van der Waals surface area contributed by atoms with Crippen LogP contribution in [-0.2, 0) is 20.9 Å². The van der Waals surface area contributed by atoms with Crippen molar-refractivity contribution in [3.8, 4) is 5.75 Å². The molecule has 2 aromatic carbocycles. The minimum Gasteiger partial charge on any atom is -0.507 e. The number of ether oxygens (including phenoxy) is 1. The molecule has 3 rings (SSSR count). The van der Waals surface area contributed by atoms with E-state index in [-0.39, 0.29) is 17.9 Å². The fourth-order valence-electron chi connectivity index (χ4n) is 3.29. The van der Waals surface area contributed by atoms with Gasteiger partial charge in [-0.1, -0.05) is 24.3 Å². The van der Waals surface area contributed by atoms with Crippen molar-refractivity contribution in [3.63, 3.8) is 0 Å². The molecule has 0 spiro atoms. The number of carbonyl (C=O) groups excluding carboxylic acids is 2. The summed E-state index contributed by atoms with van der Waals surface area (Å²) in [6.07, 6.45) is 2.48. The van der Waals surface area contributed by atoms with Crippen molar-refractivity contribution in [2.45, 2.75) is 27.3 Å². The van der Waals surface area contributed by atoms with Crippen molar-refractivity contribution in [2.75, 3.05) is 6.61 Å². The highest BCUT2D eigenvalue weighted by molar-refractivity contribution is 6.39. The van der Waals surface area contributed by atoms with Gasteiger partial charge >= 0.3 is 5.97 Å². The normalized spacial score (nSPS) is 11.6. The Labute approximate surface area is 168 Å². The second-order valence-electron chi connectivity index (χ2n) is 6.82. The van der Waals surface area contributed by atoms with Crippen LogP contribution in [0.1, 0.15) is 29.2 Å². The largest absolute Gasteiger partial charge is 0.507 e. The van der Waals surface area contributed by atoms with E-state index in [0.29, 0.717) is 17.4 Å².